The molecule has 2 aromatic rings. The predicted molar refractivity (Wildman–Crippen MR) is 115 cm³/mol. The van der Waals surface area contributed by atoms with Gasteiger partial charge in [-0.3, -0.25) is 4.99 Å². The molecule has 1 aromatic carbocycles. The number of hydrogen-bond acceptors (Lipinski definition) is 2. The first kappa shape index (κ1) is 20.0. The van der Waals surface area contributed by atoms with Crippen LogP contribution in [0.4, 0.5) is 0 Å². The Morgan fingerprint density at radius 3 is 3.00 bits per heavy atom. The van der Waals surface area contributed by atoms with E-state index in [1.54, 1.807) is 0 Å². The van der Waals surface area contributed by atoms with Gasteiger partial charge in [0.05, 0.1) is 12.6 Å². The van der Waals surface area contributed by atoms with Crippen LogP contribution in [0.1, 0.15) is 30.9 Å². The summed E-state index contributed by atoms with van der Waals surface area (Å²) in [5, 5.41) is 8.06. The van der Waals surface area contributed by atoms with Crippen molar-refractivity contribution in [2.24, 2.45) is 4.99 Å². The number of aromatic amines is 1. The molecule has 3 N–H and O–H groups in total. The van der Waals surface area contributed by atoms with Gasteiger partial charge in [-0.15, -0.1) is 24.0 Å². The number of aromatic nitrogens is 1. The zero-order valence-corrected chi connectivity index (χ0v) is 17.4. The van der Waals surface area contributed by atoms with Gasteiger partial charge in [0.1, 0.15) is 0 Å². The third kappa shape index (κ3) is 5.34. The number of guanidine groups is 1. The summed E-state index contributed by atoms with van der Waals surface area (Å²) in [5.41, 5.74) is 3.88. The number of para-hydroxylation sites is 1. The minimum Gasteiger partial charge on any atom is -0.376 e. The van der Waals surface area contributed by atoms with E-state index in [0.29, 0.717) is 0 Å². The third-order valence-corrected chi connectivity index (χ3v) is 4.52. The van der Waals surface area contributed by atoms with Crippen molar-refractivity contribution < 1.29 is 4.74 Å². The molecule has 6 heteroatoms. The smallest absolute Gasteiger partial charge is 0.191 e. The van der Waals surface area contributed by atoms with Crippen LogP contribution in [0.5, 0.6) is 0 Å². The number of rotatable bonds is 6. The van der Waals surface area contributed by atoms with Crippen molar-refractivity contribution in [3.8, 4) is 0 Å². The number of aryl methyl sites for hydroxylation is 1. The quantitative estimate of drug-likeness (QED) is 0.355. The lowest BCUT2D eigenvalue weighted by Crippen LogP contribution is -2.38. The van der Waals surface area contributed by atoms with Gasteiger partial charge in [0.25, 0.3) is 0 Å². The Morgan fingerprint density at radius 2 is 2.24 bits per heavy atom. The molecule has 1 atom stereocenters. The topological polar surface area (TPSA) is 61.4 Å². The van der Waals surface area contributed by atoms with E-state index in [0.717, 1.165) is 51.5 Å². The molecule has 0 radical (unpaired) electrons. The predicted octanol–water partition coefficient (Wildman–Crippen LogP) is 3.37. The van der Waals surface area contributed by atoms with E-state index in [9.17, 15) is 0 Å². The highest BCUT2D eigenvalue weighted by Gasteiger charge is 2.14. The number of nitrogens with one attached hydrogen (secondary N) is 3. The Hall–Kier alpha value is -1.28. The van der Waals surface area contributed by atoms with Gasteiger partial charge in [-0.2, -0.15) is 0 Å². The lowest BCUT2D eigenvalue weighted by molar-refractivity contribution is 0.117. The number of nitrogens with zero attached hydrogens (tertiary/aromatic N) is 1. The molecule has 1 aliphatic heterocycles. The Morgan fingerprint density at radius 1 is 1.36 bits per heavy atom. The van der Waals surface area contributed by atoms with Crippen molar-refractivity contribution in [2.75, 3.05) is 26.2 Å². The van der Waals surface area contributed by atoms with Gasteiger partial charge in [0, 0.05) is 36.8 Å². The number of ether oxygens (including phenoxy) is 1. The maximum Gasteiger partial charge on any atom is 0.191 e. The lowest BCUT2D eigenvalue weighted by Gasteiger charge is -2.12. The molecule has 1 aliphatic rings. The molecule has 0 saturated carbocycles. The summed E-state index contributed by atoms with van der Waals surface area (Å²) in [6, 6.07) is 6.45. The van der Waals surface area contributed by atoms with E-state index in [4.69, 9.17) is 4.74 Å². The zero-order valence-electron chi connectivity index (χ0n) is 15.1. The van der Waals surface area contributed by atoms with Gasteiger partial charge in [-0.1, -0.05) is 18.2 Å². The second-order valence-corrected chi connectivity index (χ2v) is 6.34. The lowest BCUT2D eigenvalue weighted by atomic mass is 10.1. The van der Waals surface area contributed by atoms with Crippen LogP contribution in [-0.4, -0.2) is 43.3 Å². The van der Waals surface area contributed by atoms with Crippen LogP contribution in [0.15, 0.2) is 29.4 Å². The van der Waals surface area contributed by atoms with Crippen LogP contribution in [-0.2, 0) is 11.2 Å². The first-order valence-electron chi connectivity index (χ1n) is 8.97. The van der Waals surface area contributed by atoms with Crippen molar-refractivity contribution in [2.45, 2.75) is 39.2 Å². The van der Waals surface area contributed by atoms with Crippen molar-refractivity contribution >= 4 is 40.8 Å². The molecule has 3 rings (SSSR count). The molecule has 1 aromatic heterocycles. The monoisotopic (exact) mass is 456 g/mol. The number of halogens is 1. The van der Waals surface area contributed by atoms with E-state index in [1.807, 2.05) is 0 Å². The van der Waals surface area contributed by atoms with Gasteiger partial charge in [0.15, 0.2) is 5.96 Å². The second-order valence-electron chi connectivity index (χ2n) is 6.34. The summed E-state index contributed by atoms with van der Waals surface area (Å²) in [6.45, 7) is 7.57. The molecular formula is C19H29IN4O. The maximum absolute atomic E-state index is 5.64. The van der Waals surface area contributed by atoms with Crippen LogP contribution in [0.3, 0.4) is 0 Å². The average molecular weight is 456 g/mol. The highest BCUT2D eigenvalue weighted by atomic mass is 127. The second kappa shape index (κ2) is 10.0. The van der Waals surface area contributed by atoms with Crippen LogP contribution >= 0.6 is 24.0 Å². The summed E-state index contributed by atoms with van der Waals surface area (Å²) in [5.74, 6) is 0.879. The van der Waals surface area contributed by atoms with Crippen molar-refractivity contribution in [3.05, 3.63) is 35.5 Å². The molecule has 0 spiro atoms. The van der Waals surface area contributed by atoms with E-state index < -0.39 is 0 Å². The first-order valence-corrected chi connectivity index (χ1v) is 8.97. The van der Waals surface area contributed by atoms with Crippen LogP contribution in [0.2, 0.25) is 0 Å². The highest BCUT2D eigenvalue weighted by Crippen LogP contribution is 2.21. The summed E-state index contributed by atoms with van der Waals surface area (Å²) >= 11 is 0. The van der Waals surface area contributed by atoms with Gasteiger partial charge in [-0.05, 0) is 44.2 Å². The molecule has 1 saturated heterocycles. The fourth-order valence-corrected chi connectivity index (χ4v) is 3.21. The largest absolute Gasteiger partial charge is 0.376 e. The standard InChI is InChI=1S/C19H28N4O.HI/c1-3-20-19(23-13-16-7-5-11-24-16)21-10-9-15-12-22-18-14(2)6-4-8-17(15)18;/h4,6,8,12,16,22H,3,5,7,9-11,13H2,1-2H3,(H2,20,21,23);1H. The number of fused-ring (bicyclic) bond motifs is 1. The van der Waals surface area contributed by atoms with Crippen LogP contribution < -0.4 is 10.6 Å². The Balaban J connectivity index is 0.00000225. The van der Waals surface area contributed by atoms with Crippen LogP contribution in [0, 0.1) is 6.92 Å². The zero-order chi connectivity index (χ0) is 16.8. The Kier molecular flexibility index (Phi) is 8.02. The van der Waals surface area contributed by atoms with Crippen LogP contribution in [0.25, 0.3) is 10.9 Å². The minimum atomic E-state index is 0. The van der Waals surface area contributed by atoms with Gasteiger partial charge < -0.3 is 20.4 Å². The molecule has 0 aliphatic carbocycles. The highest BCUT2D eigenvalue weighted by molar-refractivity contribution is 14.0. The Labute approximate surface area is 167 Å². The molecule has 25 heavy (non-hydrogen) atoms. The number of H-pyrrole nitrogens is 1. The van der Waals surface area contributed by atoms with E-state index in [2.05, 4.69) is 58.9 Å². The SMILES string of the molecule is CCNC(=NCC1CCCO1)NCCc1c[nH]c2c(C)cccc12.I. The third-order valence-electron chi connectivity index (χ3n) is 4.52. The molecule has 1 fully saturated rings. The fourth-order valence-electron chi connectivity index (χ4n) is 3.21. The number of aliphatic imine (C=N–C) groups is 1. The minimum absolute atomic E-state index is 0. The van der Waals surface area contributed by atoms with Crippen molar-refractivity contribution in [3.63, 3.8) is 0 Å². The number of benzene rings is 1. The average Bonchev–Trinajstić information content (AvgIpc) is 3.23. The molecule has 138 valence electrons. The first-order chi connectivity index (χ1) is 11.8. The summed E-state index contributed by atoms with van der Waals surface area (Å²) in [7, 11) is 0. The van der Waals surface area contributed by atoms with Crippen molar-refractivity contribution in [1.82, 2.24) is 15.6 Å². The molecule has 0 bridgehead atoms. The molecular weight excluding hydrogens is 427 g/mol. The summed E-state index contributed by atoms with van der Waals surface area (Å²) < 4.78 is 5.64. The molecule has 2 heterocycles. The molecule has 0 amide bonds. The molecule has 1 unspecified atom stereocenters. The van der Waals surface area contributed by atoms with Gasteiger partial charge in [-0.25, -0.2) is 0 Å². The molecule has 5 nitrogen and oxygen atoms in total. The van der Waals surface area contributed by atoms with Crippen molar-refractivity contribution in [1.29, 1.82) is 0 Å². The van der Waals surface area contributed by atoms with E-state index >= 15 is 0 Å². The van der Waals surface area contributed by atoms with E-state index in [-0.39, 0.29) is 30.1 Å². The van der Waals surface area contributed by atoms with Gasteiger partial charge >= 0.3 is 0 Å². The fraction of sp³-hybridized carbons (Fsp3) is 0.526. The number of hydrogen-bond donors (Lipinski definition) is 3. The normalized spacial score (nSPS) is 17.5. The Bertz CT molecular complexity index is 692. The maximum atomic E-state index is 5.64. The van der Waals surface area contributed by atoms with Gasteiger partial charge in [0.2, 0.25) is 0 Å². The summed E-state index contributed by atoms with van der Waals surface area (Å²) in [6.07, 6.45) is 5.66. The van der Waals surface area contributed by atoms with E-state index in [1.165, 1.54) is 22.0 Å². The summed E-state index contributed by atoms with van der Waals surface area (Å²) in [4.78, 5) is 8.04.